The highest BCUT2D eigenvalue weighted by molar-refractivity contribution is 5.97. The van der Waals surface area contributed by atoms with Crippen LogP contribution < -0.4 is 26.4 Å². The Bertz CT molecular complexity index is 583. The van der Waals surface area contributed by atoms with Crippen LogP contribution in [0.15, 0.2) is 48.8 Å². The number of phenolic OH excluding ortho intramolecular Hbond substituents is 1. The van der Waals surface area contributed by atoms with Gasteiger partial charge in [-0.15, -0.1) is 0 Å². The van der Waals surface area contributed by atoms with Crippen LogP contribution in [0.3, 0.4) is 0 Å². The fourth-order valence-electron chi connectivity index (χ4n) is 1.81. The monoisotopic (exact) mass is 336 g/mol. The number of aromatic nitrogens is 1. The van der Waals surface area contributed by atoms with Gasteiger partial charge in [0.2, 0.25) is 12.3 Å². The smallest absolute Gasteiger partial charge is 0.231 e. The maximum absolute atomic E-state index is 12.1. The minimum atomic E-state index is -0.110. The lowest BCUT2D eigenvalue weighted by atomic mass is 10.1. The molecule has 0 atom stereocenters. The summed E-state index contributed by atoms with van der Waals surface area (Å²) in [7, 11) is 3.93. The lowest BCUT2D eigenvalue weighted by molar-refractivity contribution is -0.683. The Hall–Kier alpha value is -1.88. The first-order chi connectivity index (χ1) is 9.08. The van der Waals surface area contributed by atoms with E-state index in [0.29, 0.717) is 5.56 Å². The quantitative estimate of drug-likeness (QED) is 0.553. The van der Waals surface area contributed by atoms with E-state index in [4.69, 9.17) is 0 Å². The number of pyridine rings is 1. The molecule has 4 nitrogen and oxygen atoms in total. The second-order valence-electron chi connectivity index (χ2n) is 4.56. The summed E-state index contributed by atoms with van der Waals surface area (Å²) in [5.74, 6) is -0.0845. The third-order valence-electron chi connectivity index (χ3n) is 2.92. The van der Waals surface area contributed by atoms with Crippen LogP contribution in [0.25, 0.3) is 0 Å². The van der Waals surface area contributed by atoms with Crippen molar-refractivity contribution in [1.82, 2.24) is 0 Å². The van der Waals surface area contributed by atoms with Crippen molar-refractivity contribution in [1.29, 1.82) is 0 Å². The van der Waals surface area contributed by atoms with Gasteiger partial charge in [-0.25, -0.2) is 0 Å². The number of anilines is 1. The number of benzene rings is 1. The van der Waals surface area contributed by atoms with Gasteiger partial charge < -0.3 is 27.0 Å². The minimum absolute atomic E-state index is 0. The van der Waals surface area contributed by atoms with E-state index in [0.717, 1.165) is 5.69 Å². The van der Waals surface area contributed by atoms with E-state index in [1.807, 2.05) is 43.5 Å². The zero-order chi connectivity index (χ0) is 13.8. The van der Waals surface area contributed by atoms with E-state index in [-0.39, 0.29) is 35.1 Å². The first-order valence-corrected chi connectivity index (χ1v) is 6.05. The third-order valence-corrected chi connectivity index (χ3v) is 2.92. The molecule has 0 radical (unpaired) electrons. The molecule has 0 amide bonds. The number of halogens is 1. The molecule has 0 bridgehead atoms. The molecule has 1 N–H and O–H groups in total. The van der Waals surface area contributed by atoms with Crippen molar-refractivity contribution in [3.63, 3.8) is 0 Å². The summed E-state index contributed by atoms with van der Waals surface area (Å²) in [5, 5.41) is 9.64. The molecule has 0 fully saturated rings. The Morgan fingerprint density at radius 1 is 1.15 bits per heavy atom. The minimum Gasteiger partial charge on any atom is -1.00 e. The van der Waals surface area contributed by atoms with Gasteiger partial charge in [0.1, 0.15) is 5.75 Å². The lowest BCUT2D eigenvalue weighted by Gasteiger charge is -2.10. The maximum atomic E-state index is 12.1. The number of hydrogen-bond donors (Lipinski definition) is 1. The van der Waals surface area contributed by atoms with Crippen molar-refractivity contribution < 1.29 is 31.4 Å². The molecule has 2 rings (SSSR count). The molecule has 106 valence electrons. The van der Waals surface area contributed by atoms with E-state index in [1.54, 1.807) is 22.8 Å². The number of ketones is 1. The van der Waals surface area contributed by atoms with Crippen LogP contribution in [-0.4, -0.2) is 25.0 Å². The Labute approximate surface area is 129 Å². The van der Waals surface area contributed by atoms with Crippen LogP contribution in [0, 0.1) is 0 Å². The van der Waals surface area contributed by atoms with Gasteiger partial charge in [0.15, 0.2) is 12.4 Å². The summed E-state index contributed by atoms with van der Waals surface area (Å²) in [6.07, 6.45) is 3.71. The average Bonchev–Trinajstić information content (AvgIpc) is 2.39. The van der Waals surface area contributed by atoms with Gasteiger partial charge in [0, 0.05) is 31.9 Å². The number of para-hydroxylation sites is 1. The number of Topliss-reactive ketones (excluding diaryl/α,β-unsaturated/α-hetero) is 1. The molecule has 0 spiro atoms. The third kappa shape index (κ3) is 3.81. The lowest BCUT2D eigenvalue weighted by Crippen LogP contribution is -3.00. The maximum Gasteiger partial charge on any atom is 0.231 e. The molecule has 0 saturated heterocycles. The normalized spacial score (nSPS) is 9.70. The van der Waals surface area contributed by atoms with Crippen molar-refractivity contribution >= 4 is 11.5 Å². The van der Waals surface area contributed by atoms with E-state index < -0.39 is 0 Å². The van der Waals surface area contributed by atoms with E-state index >= 15 is 0 Å². The van der Waals surface area contributed by atoms with Crippen LogP contribution in [0.4, 0.5) is 5.69 Å². The second kappa shape index (κ2) is 7.05. The highest BCUT2D eigenvalue weighted by Gasteiger charge is 2.15. The Morgan fingerprint density at radius 3 is 2.30 bits per heavy atom. The molecule has 0 aliphatic carbocycles. The number of carbonyl (C=O) groups is 1. The Morgan fingerprint density at radius 2 is 1.75 bits per heavy atom. The molecule has 0 aliphatic heterocycles. The van der Waals surface area contributed by atoms with Crippen molar-refractivity contribution in [2.45, 2.75) is 6.54 Å². The molecule has 1 heterocycles. The molecule has 1 aromatic carbocycles. The number of nitrogens with zero attached hydrogens (tertiary/aromatic N) is 2. The molecule has 0 aliphatic rings. The predicted octanol–water partition coefficient (Wildman–Crippen LogP) is -1.37. The summed E-state index contributed by atoms with van der Waals surface area (Å²) < 4.78 is 1.79. The second-order valence-corrected chi connectivity index (χ2v) is 4.56. The molecule has 2 aromatic rings. The summed E-state index contributed by atoms with van der Waals surface area (Å²) in [5.41, 5.74) is 1.43. The van der Waals surface area contributed by atoms with Crippen LogP contribution in [-0.2, 0) is 6.54 Å². The van der Waals surface area contributed by atoms with Crippen LogP contribution >= 0.6 is 0 Å². The van der Waals surface area contributed by atoms with Gasteiger partial charge in [0.05, 0.1) is 5.56 Å². The molecular weight excluding hydrogens is 320 g/mol. The molecule has 0 saturated carbocycles. The fourth-order valence-corrected chi connectivity index (χ4v) is 1.81. The van der Waals surface area contributed by atoms with Crippen LogP contribution in [0.5, 0.6) is 5.75 Å². The summed E-state index contributed by atoms with van der Waals surface area (Å²) in [6.45, 7) is 0.214. The van der Waals surface area contributed by atoms with Crippen molar-refractivity contribution in [2.75, 3.05) is 19.0 Å². The number of aromatic hydroxyl groups is 1. The highest BCUT2D eigenvalue weighted by Crippen LogP contribution is 2.16. The number of phenols is 1. The average molecular weight is 337 g/mol. The highest BCUT2D eigenvalue weighted by atomic mass is 79.9. The molecule has 1 aromatic heterocycles. The van der Waals surface area contributed by atoms with Gasteiger partial charge in [-0.3, -0.25) is 4.79 Å². The van der Waals surface area contributed by atoms with Crippen molar-refractivity contribution in [2.24, 2.45) is 0 Å². The van der Waals surface area contributed by atoms with Gasteiger partial charge >= 0.3 is 0 Å². The van der Waals surface area contributed by atoms with Gasteiger partial charge in [-0.1, -0.05) is 12.1 Å². The van der Waals surface area contributed by atoms with E-state index in [2.05, 4.69) is 0 Å². The summed E-state index contributed by atoms with van der Waals surface area (Å²) in [6, 6.07) is 10.5. The standard InChI is InChI=1S/C15H16N2O2.BrH/c1-16(2)12-7-9-17(10-8-12)11-15(19)13-5-3-4-6-14(13)18;/h3-10H,11H2,1-2H3;1H. The first kappa shape index (κ1) is 16.2. The largest absolute Gasteiger partial charge is 1.00 e. The van der Waals surface area contributed by atoms with E-state index in [1.165, 1.54) is 6.07 Å². The van der Waals surface area contributed by atoms with Gasteiger partial charge in [-0.2, -0.15) is 4.57 Å². The molecule has 5 heteroatoms. The van der Waals surface area contributed by atoms with Crippen LogP contribution in [0.1, 0.15) is 10.4 Å². The Balaban J connectivity index is 0.00000200. The SMILES string of the molecule is CN(C)c1cc[n+](CC(=O)c2ccccc2O)cc1.[Br-]. The Kier molecular flexibility index (Phi) is 5.70. The number of carbonyl (C=O) groups excluding carboxylic acids is 1. The fraction of sp³-hybridized carbons (Fsp3) is 0.200. The summed E-state index contributed by atoms with van der Waals surface area (Å²) >= 11 is 0. The molecular formula is C15H17BrN2O2. The number of hydrogen-bond acceptors (Lipinski definition) is 3. The molecule has 20 heavy (non-hydrogen) atoms. The zero-order valence-corrected chi connectivity index (χ0v) is 13.0. The van der Waals surface area contributed by atoms with Gasteiger partial charge in [-0.05, 0) is 12.1 Å². The summed E-state index contributed by atoms with van der Waals surface area (Å²) in [4.78, 5) is 14.1. The van der Waals surface area contributed by atoms with E-state index in [9.17, 15) is 9.90 Å². The zero-order valence-electron chi connectivity index (χ0n) is 11.5. The predicted molar refractivity (Wildman–Crippen MR) is 73.4 cm³/mol. The number of rotatable bonds is 4. The van der Waals surface area contributed by atoms with Crippen molar-refractivity contribution in [3.8, 4) is 5.75 Å². The topological polar surface area (TPSA) is 44.4 Å². The first-order valence-electron chi connectivity index (χ1n) is 6.05. The molecule has 0 unspecified atom stereocenters. The van der Waals surface area contributed by atoms with Crippen LogP contribution in [0.2, 0.25) is 0 Å². The van der Waals surface area contributed by atoms with Gasteiger partial charge in [0.25, 0.3) is 0 Å². The van der Waals surface area contributed by atoms with Crippen molar-refractivity contribution in [3.05, 3.63) is 54.4 Å².